The highest BCUT2D eigenvalue weighted by Crippen LogP contribution is 2.34. The topological polar surface area (TPSA) is 18.5 Å². The average molecular weight is 529 g/mol. The summed E-state index contributed by atoms with van der Waals surface area (Å²) in [6.45, 7) is 4.54. The van der Waals surface area contributed by atoms with E-state index in [1.807, 2.05) is 12.1 Å². The zero-order valence-corrected chi connectivity index (χ0v) is 23.8. The van der Waals surface area contributed by atoms with Crippen molar-refractivity contribution in [2.75, 3.05) is 6.61 Å². The number of hydrogen-bond acceptors (Lipinski definition) is 2. The van der Waals surface area contributed by atoms with Crippen molar-refractivity contribution in [3.63, 3.8) is 0 Å². The third-order valence-corrected chi connectivity index (χ3v) is 8.16. The molecule has 212 valence electrons. The fraction of sp³-hybridized carbons (Fsp3) is 0.647. The largest absolute Gasteiger partial charge is 0.490 e. The van der Waals surface area contributed by atoms with Crippen LogP contribution in [-0.4, -0.2) is 19.0 Å². The Morgan fingerprint density at radius 1 is 0.658 bits per heavy atom. The molecular weight excluding hydrogens is 478 g/mol. The van der Waals surface area contributed by atoms with Crippen molar-refractivity contribution in [2.45, 2.75) is 123 Å². The Labute approximate surface area is 230 Å². The van der Waals surface area contributed by atoms with Gasteiger partial charge in [0.05, 0.1) is 0 Å². The molecule has 0 heterocycles. The molecule has 0 spiro atoms. The molecule has 4 heteroatoms. The zero-order valence-electron chi connectivity index (χ0n) is 23.8. The van der Waals surface area contributed by atoms with Crippen LogP contribution in [0.5, 0.6) is 11.5 Å². The Bertz CT molecular complexity index is 859. The van der Waals surface area contributed by atoms with Crippen LogP contribution in [0.2, 0.25) is 0 Å². The molecule has 0 saturated heterocycles. The van der Waals surface area contributed by atoms with Gasteiger partial charge in [-0.15, -0.1) is 0 Å². The van der Waals surface area contributed by atoms with Crippen molar-refractivity contribution < 1.29 is 18.3 Å². The quantitative estimate of drug-likeness (QED) is 0.179. The third-order valence-electron chi connectivity index (χ3n) is 8.16. The maximum atomic E-state index is 14.0. The van der Waals surface area contributed by atoms with Gasteiger partial charge in [-0.3, -0.25) is 0 Å². The number of aryl methyl sites for hydroxylation is 1. The highest BCUT2D eigenvalue weighted by molar-refractivity contribution is 5.29. The minimum absolute atomic E-state index is 0.254. The molecule has 38 heavy (non-hydrogen) atoms. The smallest absolute Gasteiger partial charge is 0.165 e. The van der Waals surface area contributed by atoms with Crippen molar-refractivity contribution in [1.29, 1.82) is 0 Å². The van der Waals surface area contributed by atoms with E-state index in [1.165, 1.54) is 63.4 Å². The number of alkyl halides is 2. The van der Waals surface area contributed by atoms with E-state index in [1.54, 1.807) is 12.1 Å². The molecule has 2 unspecified atom stereocenters. The number of hydrogen-bond donors (Lipinski definition) is 0. The third kappa shape index (κ3) is 11.3. The minimum Gasteiger partial charge on any atom is -0.490 e. The molecule has 2 nitrogen and oxygen atoms in total. The molecule has 2 atom stereocenters. The molecule has 0 radical (unpaired) electrons. The van der Waals surface area contributed by atoms with Gasteiger partial charge >= 0.3 is 0 Å². The van der Waals surface area contributed by atoms with E-state index in [-0.39, 0.29) is 13.0 Å². The van der Waals surface area contributed by atoms with Crippen LogP contribution in [0, 0.1) is 11.8 Å². The molecular formula is C34H50F2O2. The molecule has 0 aliphatic heterocycles. The first-order valence-electron chi connectivity index (χ1n) is 15.3. The van der Waals surface area contributed by atoms with Crippen LogP contribution < -0.4 is 9.47 Å². The first-order chi connectivity index (χ1) is 18.6. The van der Waals surface area contributed by atoms with Gasteiger partial charge in [0, 0.05) is 0 Å². The second kappa shape index (κ2) is 17.5. The van der Waals surface area contributed by atoms with E-state index in [2.05, 4.69) is 38.1 Å². The summed E-state index contributed by atoms with van der Waals surface area (Å²) < 4.78 is 39.3. The standard InChI is InChI=1S/C34H50F2O2/c1-3-5-7-9-27-11-13-28(14-12-27)15-16-29-17-21-31(22-18-29)37-25-30-19-23-32(24-20-30)38-26-34(36)33(35)10-8-6-4-2/h17-24,27-28,33-34H,3-16,25-26H2,1-2H3. The molecule has 2 aromatic rings. The molecule has 1 aliphatic rings. The summed E-state index contributed by atoms with van der Waals surface area (Å²) >= 11 is 0. The summed E-state index contributed by atoms with van der Waals surface area (Å²) in [6, 6.07) is 15.9. The van der Waals surface area contributed by atoms with E-state index in [4.69, 9.17) is 9.47 Å². The van der Waals surface area contributed by atoms with Crippen LogP contribution in [0.25, 0.3) is 0 Å². The van der Waals surface area contributed by atoms with E-state index >= 15 is 0 Å². The van der Waals surface area contributed by atoms with Gasteiger partial charge < -0.3 is 9.47 Å². The van der Waals surface area contributed by atoms with Crippen LogP contribution in [-0.2, 0) is 13.0 Å². The van der Waals surface area contributed by atoms with Crippen LogP contribution in [0.15, 0.2) is 48.5 Å². The number of rotatable bonds is 18. The van der Waals surface area contributed by atoms with Crippen molar-refractivity contribution in [3.8, 4) is 11.5 Å². The molecule has 1 saturated carbocycles. The zero-order chi connectivity index (χ0) is 27.0. The van der Waals surface area contributed by atoms with Crippen LogP contribution >= 0.6 is 0 Å². The van der Waals surface area contributed by atoms with Gasteiger partial charge in [0.15, 0.2) is 6.17 Å². The maximum Gasteiger partial charge on any atom is 0.165 e. The lowest BCUT2D eigenvalue weighted by atomic mass is 9.78. The Hall–Kier alpha value is -2.10. The highest BCUT2D eigenvalue weighted by Gasteiger charge is 2.21. The van der Waals surface area contributed by atoms with Gasteiger partial charge in [0.25, 0.3) is 0 Å². The monoisotopic (exact) mass is 528 g/mol. The van der Waals surface area contributed by atoms with Crippen LogP contribution in [0.4, 0.5) is 8.78 Å². The molecule has 0 aromatic heterocycles. The first kappa shape index (κ1) is 30.4. The summed E-state index contributed by atoms with van der Waals surface area (Å²) in [6.07, 6.45) is 13.6. The van der Waals surface area contributed by atoms with E-state index in [9.17, 15) is 8.78 Å². The summed E-state index contributed by atoms with van der Waals surface area (Å²) in [5, 5.41) is 0. The van der Waals surface area contributed by atoms with Gasteiger partial charge in [-0.1, -0.05) is 109 Å². The number of benzene rings is 2. The lowest BCUT2D eigenvalue weighted by Gasteiger charge is -2.28. The van der Waals surface area contributed by atoms with Gasteiger partial charge in [0.2, 0.25) is 0 Å². The van der Waals surface area contributed by atoms with Gasteiger partial charge in [-0.25, -0.2) is 8.78 Å². The summed E-state index contributed by atoms with van der Waals surface area (Å²) in [5.41, 5.74) is 2.39. The molecule has 1 aliphatic carbocycles. The molecule has 0 N–H and O–H groups in total. The van der Waals surface area contributed by atoms with E-state index in [0.29, 0.717) is 12.4 Å². The number of halogens is 2. The second-order valence-electron chi connectivity index (χ2n) is 11.3. The van der Waals surface area contributed by atoms with Gasteiger partial charge in [-0.05, 0) is 66.5 Å². The normalized spacial score (nSPS) is 19.2. The predicted octanol–water partition coefficient (Wildman–Crippen LogP) is 10.2. The van der Waals surface area contributed by atoms with Gasteiger partial charge in [0.1, 0.15) is 30.9 Å². The fourth-order valence-corrected chi connectivity index (χ4v) is 5.51. The summed E-state index contributed by atoms with van der Waals surface area (Å²) in [4.78, 5) is 0. The Morgan fingerprint density at radius 3 is 1.84 bits per heavy atom. The van der Waals surface area contributed by atoms with Crippen LogP contribution in [0.3, 0.4) is 0 Å². The van der Waals surface area contributed by atoms with Crippen LogP contribution in [0.1, 0.15) is 108 Å². The summed E-state index contributed by atoms with van der Waals surface area (Å²) in [5.74, 6) is 3.28. The predicted molar refractivity (Wildman–Crippen MR) is 155 cm³/mol. The summed E-state index contributed by atoms with van der Waals surface area (Å²) in [7, 11) is 0. The Kier molecular flexibility index (Phi) is 14.0. The molecule has 3 rings (SSSR count). The average Bonchev–Trinajstić information content (AvgIpc) is 2.95. The lowest BCUT2D eigenvalue weighted by Crippen LogP contribution is -2.24. The first-order valence-corrected chi connectivity index (χ1v) is 15.3. The number of unbranched alkanes of at least 4 members (excludes halogenated alkanes) is 4. The SMILES string of the molecule is CCCCCC1CCC(CCc2ccc(OCc3ccc(OCC(F)C(F)CCCCC)cc3)cc2)CC1. The Balaban J connectivity index is 1.31. The highest BCUT2D eigenvalue weighted by atomic mass is 19.2. The van der Waals surface area contributed by atoms with E-state index in [0.717, 1.165) is 48.8 Å². The lowest BCUT2D eigenvalue weighted by molar-refractivity contribution is 0.102. The molecule has 0 amide bonds. The molecule has 1 fully saturated rings. The molecule has 2 aromatic carbocycles. The van der Waals surface area contributed by atoms with E-state index < -0.39 is 12.3 Å². The minimum atomic E-state index is -1.59. The van der Waals surface area contributed by atoms with Crippen molar-refractivity contribution in [1.82, 2.24) is 0 Å². The fourth-order valence-electron chi connectivity index (χ4n) is 5.51. The van der Waals surface area contributed by atoms with Gasteiger partial charge in [-0.2, -0.15) is 0 Å². The maximum absolute atomic E-state index is 14.0. The number of ether oxygens (including phenoxy) is 2. The molecule has 0 bridgehead atoms. The van der Waals surface area contributed by atoms with Crippen molar-refractivity contribution in [3.05, 3.63) is 59.7 Å². The Morgan fingerprint density at radius 2 is 1.21 bits per heavy atom. The van der Waals surface area contributed by atoms with Crippen molar-refractivity contribution in [2.24, 2.45) is 11.8 Å². The van der Waals surface area contributed by atoms with Crippen molar-refractivity contribution >= 4 is 0 Å². The second-order valence-corrected chi connectivity index (χ2v) is 11.3.